The van der Waals surface area contributed by atoms with Crippen LogP contribution in [0.3, 0.4) is 0 Å². The minimum absolute atomic E-state index is 0.0183. The van der Waals surface area contributed by atoms with Gasteiger partial charge in [0.2, 0.25) is 0 Å². The second-order valence-corrected chi connectivity index (χ2v) is 6.38. The molecule has 1 unspecified atom stereocenters. The molecule has 0 radical (unpaired) electrons. The summed E-state index contributed by atoms with van der Waals surface area (Å²) >= 11 is 3.29. The van der Waals surface area contributed by atoms with Crippen LogP contribution in [0.1, 0.15) is 23.3 Å². The van der Waals surface area contributed by atoms with E-state index in [-0.39, 0.29) is 11.8 Å². The average molecular weight is 377 g/mol. The van der Waals surface area contributed by atoms with E-state index in [2.05, 4.69) is 30.9 Å². The Morgan fingerprint density at radius 3 is 2.87 bits per heavy atom. The van der Waals surface area contributed by atoms with Crippen molar-refractivity contribution in [2.45, 2.75) is 12.8 Å². The van der Waals surface area contributed by atoms with Gasteiger partial charge in [-0.25, -0.2) is 9.97 Å². The Bertz CT molecular complexity index is 651. The predicted molar refractivity (Wildman–Crippen MR) is 88.1 cm³/mol. The molecule has 0 saturated carbocycles. The summed E-state index contributed by atoms with van der Waals surface area (Å²) in [6.07, 6.45) is 6.94. The van der Waals surface area contributed by atoms with Gasteiger partial charge in [0.1, 0.15) is 5.69 Å². The lowest BCUT2D eigenvalue weighted by Crippen LogP contribution is -2.41. The first-order valence-corrected chi connectivity index (χ1v) is 8.32. The zero-order valence-electron chi connectivity index (χ0n) is 12.6. The summed E-state index contributed by atoms with van der Waals surface area (Å²) in [7, 11) is 0. The number of hydrogen-bond donors (Lipinski definition) is 0. The molecule has 120 valence electrons. The van der Waals surface area contributed by atoms with Crippen LogP contribution in [0.15, 0.2) is 41.3 Å². The van der Waals surface area contributed by atoms with Gasteiger partial charge in [0, 0.05) is 37.6 Å². The van der Waals surface area contributed by atoms with Crippen molar-refractivity contribution >= 4 is 21.8 Å². The number of ether oxygens (including phenoxy) is 1. The summed E-state index contributed by atoms with van der Waals surface area (Å²) in [5, 5.41) is 0. The van der Waals surface area contributed by atoms with Gasteiger partial charge in [-0.2, -0.15) is 0 Å². The van der Waals surface area contributed by atoms with Crippen LogP contribution in [0.2, 0.25) is 0 Å². The van der Waals surface area contributed by atoms with Gasteiger partial charge in [-0.05, 0) is 40.9 Å². The number of nitrogens with zero attached hydrogens (tertiary/aromatic N) is 4. The smallest absolute Gasteiger partial charge is 0.316 e. The van der Waals surface area contributed by atoms with E-state index in [1.54, 1.807) is 24.7 Å². The Balaban J connectivity index is 1.56. The van der Waals surface area contributed by atoms with E-state index in [1.165, 1.54) is 0 Å². The quantitative estimate of drug-likeness (QED) is 0.819. The van der Waals surface area contributed by atoms with Gasteiger partial charge in [-0.15, -0.1) is 0 Å². The Hall–Kier alpha value is -2.02. The molecule has 7 heteroatoms. The fraction of sp³-hybridized carbons (Fsp3) is 0.375. The molecule has 3 rings (SSSR count). The van der Waals surface area contributed by atoms with Crippen LogP contribution in [0.5, 0.6) is 6.01 Å². The lowest BCUT2D eigenvalue weighted by molar-refractivity contribution is 0.0623. The maximum atomic E-state index is 12.4. The molecule has 0 spiro atoms. The van der Waals surface area contributed by atoms with E-state index in [1.807, 2.05) is 17.0 Å². The van der Waals surface area contributed by atoms with Gasteiger partial charge in [0.25, 0.3) is 5.91 Å². The van der Waals surface area contributed by atoms with E-state index in [9.17, 15) is 4.79 Å². The molecule has 1 aliphatic heterocycles. The summed E-state index contributed by atoms with van der Waals surface area (Å²) in [5.74, 6) is 0.263. The van der Waals surface area contributed by atoms with Gasteiger partial charge >= 0.3 is 6.01 Å². The Morgan fingerprint density at radius 2 is 2.13 bits per heavy atom. The van der Waals surface area contributed by atoms with Crippen LogP contribution in [0.4, 0.5) is 0 Å². The van der Waals surface area contributed by atoms with Crippen molar-refractivity contribution in [2.24, 2.45) is 5.92 Å². The minimum atomic E-state index is -0.0183. The van der Waals surface area contributed by atoms with Gasteiger partial charge in [-0.1, -0.05) is 6.07 Å². The third-order valence-electron chi connectivity index (χ3n) is 3.73. The minimum Gasteiger partial charge on any atom is -0.463 e. The first kappa shape index (κ1) is 15.9. The van der Waals surface area contributed by atoms with Crippen LogP contribution < -0.4 is 4.74 Å². The van der Waals surface area contributed by atoms with Crippen molar-refractivity contribution in [1.29, 1.82) is 0 Å². The first-order chi connectivity index (χ1) is 11.2. The number of likely N-dealkylation sites (tertiary alicyclic amines) is 1. The molecule has 1 fully saturated rings. The van der Waals surface area contributed by atoms with Crippen molar-refractivity contribution in [3.05, 3.63) is 47.0 Å². The molecule has 2 aromatic rings. The molecule has 3 heterocycles. The van der Waals surface area contributed by atoms with E-state index >= 15 is 0 Å². The highest BCUT2D eigenvalue weighted by Gasteiger charge is 2.25. The summed E-state index contributed by atoms with van der Waals surface area (Å²) in [6, 6.07) is 5.75. The number of amides is 1. The van der Waals surface area contributed by atoms with Crippen LogP contribution in [-0.4, -0.2) is 45.5 Å². The normalized spacial score (nSPS) is 17.8. The summed E-state index contributed by atoms with van der Waals surface area (Å²) in [6.45, 7) is 1.94. The molecule has 1 amide bonds. The van der Waals surface area contributed by atoms with E-state index in [0.29, 0.717) is 24.9 Å². The average Bonchev–Trinajstić information content (AvgIpc) is 2.61. The highest BCUT2D eigenvalue weighted by molar-refractivity contribution is 9.10. The number of rotatable bonds is 4. The molecule has 1 saturated heterocycles. The van der Waals surface area contributed by atoms with Crippen molar-refractivity contribution in [3.8, 4) is 6.01 Å². The summed E-state index contributed by atoms with van der Waals surface area (Å²) < 4.78 is 6.45. The number of hydrogen-bond acceptors (Lipinski definition) is 5. The summed E-state index contributed by atoms with van der Waals surface area (Å²) in [4.78, 5) is 26.6. The largest absolute Gasteiger partial charge is 0.463 e. The topological polar surface area (TPSA) is 68.2 Å². The number of carbonyl (C=O) groups is 1. The molecule has 6 nitrogen and oxygen atoms in total. The highest BCUT2D eigenvalue weighted by atomic mass is 79.9. The fourth-order valence-electron chi connectivity index (χ4n) is 2.60. The van der Waals surface area contributed by atoms with E-state index in [0.717, 1.165) is 23.9 Å². The zero-order chi connectivity index (χ0) is 16.1. The van der Waals surface area contributed by atoms with Crippen molar-refractivity contribution < 1.29 is 9.53 Å². The van der Waals surface area contributed by atoms with Gasteiger partial charge in [-0.3, -0.25) is 9.78 Å². The van der Waals surface area contributed by atoms with Gasteiger partial charge in [0.05, 0.1) is 11.1 Å². The van der Waals surface area contributed by atoms with E-state index < -0.39 is 0 Å². The van der Waals surface area contributed by atoms with Gasteiger partial charge < -0.3 is 9.64 Å². The molecule has 0 bridgehead atoms. The maximum Gasteiger partial charge on any atom is 0.316 e. The maximum absolute atomic E-state index is 12.4. The third-order valence-corrected chi connectivity index (χ3v) is 4.14. The van der Waals surface area contributed by atoms with Crippen LogP contribution in [-0.2, 0) is 0 Å². The lowest BCUT2D eigenvalue weighted by atomic mass is 9.98. The molecule has 1 aliphatic rings. The van der Waals surface area contributed by atoms with Gasteiger partial charge in [0.15, 0.2) is 0 Å². The van der Waals surface area contributed by atoms with Crippen molar-refractivity contribution in [1.82, 2.24) is 19.9 Å². The molecule has 23 heavy (non-hydrogen) atoms. The first-order valence-electron chi connectivity index (χ1n) is 7.53. The molecule has 2 aromatic heterocycles. The highest BCUT2D eigenvalue weighted by Crippen LogP contribution is 2.19. The Kier molecular flexibility index (Phi) is 5.17. The Labute approximate surface area is 143 Å². The number of aromatic nitrogens is 3. The SMILES string of the molecule is O=C(c1ccccn1)N1CCCC(COc2ncc(Br)cn2)C1. The molecule has 1 atom stereocenters. The standard InChI is InChI=1S/C16H17BrN4O2/c17-13-8-19-16(20-9-13)23-11-12-4-3-7-21(10-12)15(22)14-5-1-2-6-18-14/h1-2,5-6,8-9,12H,3-4,7,10-11H2. The zero-order valence-corrected chi connectivity index (χ0v) is 14.1. The Morgan fingerprint density at radius 1 is 1.30 bits per heavy atom. The van der Waals surface area contributed by atoms with Crippen LogP contribution >= 0.6 is 15.9 Å². The van der Waals surface area contributed by atoms with Crippen LogP contribution in [0, 0.1) is 5.92 Å². The number of carbonyl (C=O) groups excluding carboxylic acids is 1. The fourth-order valence-corrected chi connectivity index (χ4v) is 2.81. The molecule has 0 aliphatic carbocycles. The second kappa shape index (κ2) is 7.50. The number of piperidine rings is 1. The molecule has 0 N–H and O–H groups in total. The van der Waals surface area contributed by atoms with E-state index in [4.69, 9.17) is 4.74 Å². The van der Waals surface area contributed by atoms with Crippen molar-refractivity contribution in [3.63, 3.8) is 0 Å². The van der Waals surface area contributed by atoms with Crippen LogP contribution in [0.25, 0.3) is 0 Å². The monoisotopic (exact) mass is 376 g/mol. The summed E-state index contributed by atoms with van der Waals surface area (Å²) in [5.41, 5.74) is 0.491. The second-order valence-electron chi connectivity index (χ2n) is 5.47. The lowest BCUT2D eigenvalue weighted by Gasteiger charge is -2.32. The number of pyridine rings is 1. The molecular formula is C16H17BrN4O2. The molecule has 0 aromatic carbocycles. The third kappa shape index (κ3) is 4.25. The molecular weight excluding hydrogens is 360 g/mol. The number of halogens is 1. The van der Waals surface area contributed by atoms with Crippen molar-refractivity contribution in [2.75, 3.05) is 19.7 Å². The predicted octanol–water partition coefficient (Wildman–Crippen LogP) is 2.57.